The van der Waals surface area contributed by atoms with Gasteiger partial charge in [0.1, 0.15) is 6.33 Å². The Kier molecular flexibility index (Phi) is 5.55. The van der Waals surface area contributed by atoms with Gasteiger partial charge in [-0.3, -0.25) is 10.1 Å². The van der Waals surface area contributed by atoms with Gasteiger partial charge < -0.3 is 10.6 Å². The molecule has 1 aliphatic rings. The zero-order valence-electron chi connectivity index (χ0n) is 13.3. The fraction of sp³-hybridized carbons (Fsp3) is 0.375. The monoisotopic (exact) mass is 381 g/mol. The van der Waals surface area contributed by atoms with Gasteiger partial charge in [-0.1, -0.05) is 42.5 Å². The van der Waals surface area contributed by atoms with E-state index in [-0.39, 0.29) is 23.4 Å². The zero-order valence-corrected chi connectivity index (χ0v) is 14.8. The van der Waals surface area contributed by atoms with Gasteiger partial charge in [-0.05, 0) is 31.0 Å². The molecule has 132 valence electrons. The first-order chi connectivity index (χ1) is 12.0. The maximum absolute atomic E-state index is 11.6. The lowest BCUT2D eigenvalue weighted by Gasteiger charge is -2.23. The second kappa shape index (κ2) is 7.84. The van der Waals surface area contributed by atoms with Gasteiger partial charge in [0.25, 0.3) is 0 Å². The molecular formula is C16H17Cl2N5O2. The van der Waals surface area contributed by atoms with Crippen molar-refractivity contribution in [2.75, 3.05) is 10.6 Å². The fourth-order valence-corrected chi connectivity index (χ4v) is 3.20. The summed E-state index contributed by atoms with van der Waals surface area (Å²) in [6.07, 6.45) is 6.70. The molecule has 0 unspecified atom stereocenters. The molecule has 1 heterocycles. The summed E-state index contributed by atoms with van der Waals surface area (Å²) in [5.74, 6) is 0.339. The van der Waals surface area contributed by atoms with E-state index in [4.69, 9.17) is 23.2 Å². The minimum absolute atomic E-state index is 0.108. The molecule has 0 amide bonds. The average Bonchev–Trinajstić information content (AvgIpc) is 2.59. The number of nitro groups is 1. The number of aromatic nitrogens is 2. The van der Waals surface area contributed by atoms with Crippen LogP contribution < -0.4 is 10.6 Å². The summed E-state index contributed by atoms with van der Waals surface area (Å²) in [6.45, 7) is 0. The molecule has 9 heteroatoms. The van der Waals surface area contributed by atoms with Gasteiger partial charge in [-0.2, -0.15) is 0 Å². The predicted molar refractivity (Wildman–Crippen MR) is 98.9 cm³/mol. The minimum atomic E-state index is -0.481. The van der Waals surface area contributed by atoms with Gasteiger partial charge >= 0.3 is 5.69 Å². The Balaban J connectivity index is 1.88. The number of hydrogen-bond acceptors (Lipinski definition) is 6. The van der Waals surface area contributed by atoms with Gasteiger partial charge in [0.2, 0.25) is 11.6 Å². The number of nitrogens with one attached hydrogen (secondary N) is 2. The second-order valence-electron chi connectivity index (χ2n) is 5.91. The van der Waals surface area contributed by atoms with Gasteiger partial charge in [-0.15, -0.1) is 0 Å². The molecule has 0 aliphatic heterocycles. The van der Waals surface area contributed by atoms with E-state index in [0.717, 1.165) is 25.7 Å². The Morgan fingerprint density at radius 1 is 1.08 bits per heavy atom. The van der Waals surface area contributed by atoms with Crippen LogP contribution in [-0.2, 0) is 0 Å². The number of rotatable bonds is 5. The SMILES string of the molecule is O=[N+]([O-])c1c(Nc2ccc(Cl)c(Cl)c2)ncnc1NC1CCCCC1. The van der Waals surface area contributed by atoms with E-state index in [1.54, 1.807) is 18.2 Å². The topological polar surface area (TPSA) is 93.0 Å². The Bertz CT molecular complexity index is 781. The standard InChI is InChI=1S/C16H17Cl2N5O2/c17-12-7-6-11(8-13(12)18)22-16-14(23(24)25)15(19-9-20-16)21-10-4-2-1-3-5-10/h6-10H,1-5H2,(H2,19,20,21,22). The Morgan fingerprint density at radius 2 is 1.80 bits per heavy atom. The lowest BCUT2D eigenvalue weighted by atomic mass is 9.95. The van der Waals surface area contributed by atoms with E-state index in [1.165, 1.54) is 12.7 Å². The van der Waals surface area contributed by atoms with Gasteiger partial charge in [0.05, 0.1) is 15.0 Å². The molecule has 2 aromatic rings. The van der Waals surface area contributed by atoms with E-state index in [9.17, 15) is 10.1 Å². The highest BCUT2D eigenvalue weighted by atomic mass is 35.5. The summed E-state index contributed by atoms with van der Waals surface area (Å²) in [6, 6.07) is 5.07. The summed E-state index contributed by atoms with van der Waals surface area (Å²) in [5, 5.41) is 18.5. The molecule has 0 radical (unpaired) electrons. The van der Waals surface area contributed by atoms with Gasteiger partial charge in [-0.25, -0.2) is 9.97 Å². The van der Waals surface area contributed by atoms with Crippen LogP contribution >= 0.6 is 23.2 Å². The van der Waals surface area contributed by atoms with Crippen LogP contribution in [0.2, 0.25) is 10.0 Å². The molecule has 0 bridgehead atoms. The first-order valence-corrected chi connectivity index (χ1v) is 8.78. The third-order valence-corrected chi connectivity index (χ3v) is 4.87. The largest absolute Gasteiger partial charge is 0.361 e. The zero-order chi connectivity index (χ0) is 17.8. The predicted octanol–water partition coefficient (Wildman–Crippen LogP) is 5.18. The van der Waals surface area contributed by atoms with Crippen LogP contribution in [0.3, 0.4) is 0 Å². The number of halogens is 2. The smallest absolute Gasteiger partial charge is 0.353 e. The molecule has 2 N–H and O–H groups in total. The molecule has 25 heavy (non-hydrogen) atoms. The van der Waals surface area contributed by atoms with Gasteiger partial charge in [0, 0.05) is 11.7 Å². The summed E-state index contributed by atoms with van der Waals surface area (Å²) in [4.78, 5) is 19.2. The van der Waals surface area contributed by atoms with Gasteiger partial charge in [0.15, 0.2) is 0 Å². The van der Waals surface area contributed by atoms with Crippen LogP contribution in [0.5, 0.6) is 0 Å². The quantitative estimate of drug-likeness (QED) is 0.547. The normalized spacial score (nSPS) is 15.0. The van der Waals surface area contributed by atoms with E-state index in [0.29, 0.717) is 15.7 Å². The molecule has 1 fully saturated rings. The summed E-state index contributed by atoms with van der Waals surface area (Å²) >= 11 is 11.9. The number of nitrogens with zero attached hydrogens (tertiary/aromatic N) is 3. The molecule has 1 aromatic carbocycles. The highest BCUT2D eigenvalue weighted by Crippen LogP contribution is 2.34. The van der Waals surface area contributed by atoms with Crippen molar-refractivity contribution in [3.8, 4) is 0 Å². The lowest BCUT2D eigenvalue weighted by Crippen LogP contribution is -2.23. The maximum Gasteiger partial charge on any atom is 0.353 e. The molecule has 7 nitrogen and oxygen atoms in total. The van der Waals surface area contributed by atoms with Crippen LogP contribution in [0.25, 0.3) is 0 Å². The third kappa shape index (κ3) is 4.29. The summed E-state index contributed by atoms with van der Waals surface area (Å²) in [5.41, 5.74) is 0.374. The summed E-state index contributed by atoms with van der Waals surface area (Å²) < 4.78 is 0. The van der Waals surface area contributed by atoms with E-state index >= 15 is 0 Å². The number of hydrogen-bond donors (Lipinski definition) is 2. The molecule has 3 rings (SSSR count). The third-order valence-electron chi connectivity index (χ3n) is 4.13. The van der Waals surface area contributed by atoms with E-state index < -0.39 is 4.92 Å². The van der Waals surface area contributed by atoms with E-state index in [2.05, 4.69) is 20.6 Å². The molecule has 1 aromatic heterocycles. The van der Waals surface area contributed by atoms with Crippen molar-refractivity contribution in [3.05, 3.63) is 44.7 Å². The Labute approximate surface area is 154 Å². The van der Waals surface area contributed by atoms with Crippen LogP contribution in [0.15, 0.2) is 24.5 Å². The first-order valence-electron chi connectivity index (χ1n) is 8.02. The average molecular weight is 382 g/mol. The molecular weight excluding hydrogens is 365 g/mol. The summed E-state index contributed by atoms with van der Waals surface area (Å²) in [7, 11) is 0. The van der Waals surface area contributed by atoms with Crippen molar-refractivity contribution in [2.24, 2.45) is 0 Å². The van der Waals surface area contributed by atoms with Crippen LogP contribution in [0, 0.1) is 10.1 Å². The van der Waals surface area contributed by atoms with Crippen molar-refractivity contribution >= 4 is 46.2 Å². The molecule has 1 saturated carbocycles. The molecule has 0 atom stereocenters. The van der Waals surface area contributed by atoms with Crippen molar-refractivity contribution in [3.63, 3.8) is 0 Å². The fourth-order valence-electron chi connectivity index (χ4n) is 2.90. The number of anilines is 3. The first kappa shape index (κ1) is 17.7. The maximum atomic E-state index is 11.6. The Morgan fingerprint density at radius 3 is 2.48 bits per heavy atom. The lowest BCUT2D eigenvalue weighted by molar-refractivity contribution is -0.383. The number of benzene rings is 1. The van der Waals surface area contributed by atoms with Crippen molar-refractivity contribution < 1.29 is 4.92 Å². The highest BCUT2D eigenvalue weighted by molar-refractivity contribution is 6.42. The van der Waals surface area contributed by atoms with Crippen molar-refractivity contribution in [2.45, 2.75) is 38.1 Å². The Hall–Kier alpha value is -2.12. The van der Waals surface area contributed by atoms with Crippen LogP contribution in [0.1, 0.15) is 32.1 Å². The molecule has 0 spiro atoms. The van der Waals surface area contributed by atoms with Crippen LogP contribution in [-0.4, -0.2) is 20.9 Å². The van der Waals surface area contributed by atoms with Crippen molar-refractivity contribution in [1.29, 1.82) is 0 Å². The second-order valence-corrected chi connectivity index (χ2v) is 6.72. The van der Waals surface area contributed by atoms with E-state index in [1.807, 2.05) is 0 Å². The molecule has 0 saturated heterocycles. The van der Waals surface area contributed by atoms with Crippen molar-refractivity contribution in [1.82, 2.24) is 9.97 Å². The highest BCUT2D eigenvalue weighted by Gasteiger charge is 2.25. The molecule has 1 aliphatic carbocycles. The minimum Gasteiger partial charge on any atom is -0.361 e. The van der Waals surface area contributed by atoms with Crippen LogP contribution in [0.4, 0.5) is 23.0 Å².